The number of hydrogen-bond acceptors (Lipinski definition) is 4. The second-order valence-electron chi connectivity index (χ2n) is 3.44. The monoisotopic (exact) mass is 195 g/mol. The zero-order valence-corrected chi connectivity index (χ0v) is 8.53. The van der Waals surface area contributed by atoms with Crippen molar-refractivity contribution in [3.63, 3.8) is 0 Å². The maximum Gasteiger partial charge on any atom is 0.147 e. The van der Waals surface area contributed by atoms with E-state index in [2.05, 4.69) is 4.98 Å². The molecule has 0 aliphatic carbocycles. The van der Waals surface area contributed by atoms with Gasteiger partial charge in [-0.25, -0.2) is 0 Å². The third-order valence-electron chi connectivity index (χ3n) is 2.42. The lowest BCUT2D eigenvalue weighted by atomic mass is 10.0. The Bertz CT molecular complexity index is 325. The fourth-order valence-electron chi connectivity index (χ4n) is 1.51. The molecule has 1 fully saturated rings. The van der Waals surface area contributed by atoms with E-state index in [1.165, 1.54) is 0 Å². The Morgan fingerprint density at radius 3 is 2.14 bits per heavy atom. The van der Waals surface area contributed by atoms with E-state index in [4.69, 9.17) is 14.2 Å². The number of aromatic nitrogens is 1. The van der Waals surface area contributed by atoms with Crippen molar-refractivity contribution in [1.29, 1.82) is 0 Å². The highest BCUT2D eigenvalue weighted by Gasteiger charge is 2.46. The molecule has 76 valence electrons. The lowest BCUT2D eigenvalue weighted by molar-refractivity contribution is 0.301. The van der Waals surface area contributed by atoms with Gasteiger partial charge in [0.15, 0.2) is 0 Å². The van der Waals surface area contributed by atoms with Crippen LogP contribution in [0.3, 0.4) is 0 Å². The van der Waals surface area contributed by atoms with Crippen LogP contribution in [0.5, 0.6) is 11.5 Å². The Kier molecular flexibility index (Phi) is 2.07. The first-order valence-corrected chi connectivity index (χ1v) is 4.41. The summed E-state index contributed by atoms with van der Waals surface area (Å²) in [6, 6.07) is 0. The van der Waals surface area contributed by atoms with E-state index in [-0.39, 0.29) is 5.60 Å². The fraction of sp³-hybridized carbons (Fsp3) is 0.500. The Morgan fingerprint density at radius 2 is 1.79 bits per heavy atom. The number of pyridine rings is 1. The quantitative estimate of drug-likeness (QED) is 0.683. The molecule has 2 rings (SSSR count). The van der Waals surface area contributed by atoms with Crippen LogP contribution in [-0.4, -0.2) is 25.8 Å². The number of nitrogens with zero attached hydrogens (tertiary/aromatic N) is 1. The summed E-state index contributed by atoms with van der Waals surface area (Å²) in [5.74, 6) is 1.42. The van der Waals surface area contributed by atoms with Gasteiger partial charge < -0.3 is 14.2 Å². The summed E-state index contributed by atoms with van der Waals surface area (Å²) in [6.45, 7) is 2.71. The van der Waals surface area contributed by atoms with Gasteiger partial charge in [-0.15, -0.1) is 0 Å². The molecule has 2 heterocycles. The van der Waals surface area contributed by atoms with Crippen LogP contribution in [0.1, 0.15) is 12.5 Å². The molecule has 0 spiro atoms. The smallest absolute Gasteiger partial charge is 0.147 e. The van der Waals surface area contributed by atoms with Crippen LogP contribution < -0.4 is 9.47 Å². The Labute approximate surface area is 82.8 Å². The van der Waals surface area contributed by atoms with Crippen LogP contribution in [0, 0.1) is 0 Å². The first-order valence-electron chi connectivity index (χ1n) is 4.41. The predicted octanol–water partition coefficient (Wildman–Crippen LogP) is 1.34. The molecule has 1 aromatic rings. The molecule has 1 aromatic heterocycles. The van der Waals surface area contributed by atoms with Crippen molar-refractivity contribution in [2.45, 2.75) is 12.5 Å². The van der Waals surface area contributed by atoms with Gasteiger partial charge in [0.25, 0.3) is 0 Å². The van der Waals surface area contributed by atoms with Gasteiger partial charge in [-0.05, 0) is 6.92 Å². The molecule has 1 unspecified atom stereocenters. The molecule has 1 aliphatic heterocycles. The first-order chi connectivity index (χ1) is 6.71. The van der Waals surface area contributed by atoms with Crippen LogP contribution in [0.15, 0.2) is 12.4 Å². The summed E-state index contributed by atoms with van der Waals surface area (Å²) in [7, 11) is 3.23. The minimum atomic E-state index is -0.264. The van der Waals surface area contributed by atoms with Crippen molar-refractivity contribution in [3.8, 4) is 11.5 Å². The molecule has 0 radical (unpaired) electrons. The first kappa shape index (κ1) is 9.27. The van der Waals surface area contributed by atoms with E-state index < -0.39 is 0 Å². The molecule has 0 bridgehead atoms. The highest BCUT2D eigenvalue weighted by atomic mass is 16.6. The van der Waals surface area contributed by atoms with Crippen molar-refractivity contribution in [3.05, 3.63) is 18.0 Å². The summed E-state index contributed by atoms with van der Waals surface area (Å²) in [6.07, 6.45) is 3.34. The highest BCUT2D eigenvalue weighted by molar-refractivity contribution is 5.47. The summed E-state index contributed by atoms with van der Waals surface area (Å²) < 4.78 is 15.8. The van der Waals surface area contributed by atoms with Crippen LogP contribution in [0.25, 0.3) is 0 Å². The average Bonchev–Trinajstić information content (AvgIpc) is 2.96. The molecule has 1 atom stereocenters. The summed E-state index contributed by atoms with van der Waals surface area (Å²) in [4.78, 5) is 4.02. The summed E-state index contributed by atoms with van der Waals surface area (Å²) in [5.41, 5.74) is 0.678. The number of ether oxygens (including phenoxy) is 3. The van der Waals surface area contributed by atoms with E-state index in [9.17, 15) is 0 Å². The van der Waals surface area contributed by atoms with Gasteiger partial charge >= 0.3 is 0 Å². The van der Waals surface area contributed by atoms with Crippen molar-refractivity contribution in [2.75, 3.05) is 20.8 Å². The normalized spacial score (nSPS) is 24.5. The second kappa shape index (κ2) is 3.13. The van der Waals surface area contributed by atoms with E-state index in [0.717, 1.165) is 5.56 Å². The number of hydrogen-bond donors (Lipinski definition) is 0. The van der Waals surface area contributed by atoms with Gasteiger partial charge in [0.05, 0.1) is 38.8 Å². The maximum atomic E-state index is 5.38. The van der Waals surface area contributed by atoms with E-state index in [1.807, 2.05) is 6.92 Å². The van der Waals surface area contributed by atoms with Crippen molar-refractivity contribution in [1.82, 2.24) is 4.98 Å². The van der Waals surface area contributed by atoms with E-state index in [0.29, 0.717) is 18.1 Å². The largest absolute Gasteiger partial charge is 0.495 e. The van der Waals surface area contributed by atoms with Gasteiger partial charge in [0.1, 0.15) is 17.1 Å². The minimum Gasteiger partial charge on any atom is -0.495 e. The molecule has 1 saturated heterocycles. The zero-order valence-electron chi connectivity index (χ0n) is 8.53. The van der Waals surface area contributed by atoms with Crippen molar-refractivity contribution < 1.29 is 14.2 Å². The second-order valence-corrected chi connectivity index (χ2v) is 3.44. The van der Waals surface area contributed by atoms with Crippen LogP contribution in [-0.2, 0) is 10.3 Å². The number of methoxy groups -OCH3 is 2. The lowest BCUT2D eigenvalue weighted by Crippen LogP contribution is -2.08. The predicted molar refractivity (Wildman–Crippen MR) is 50.6 cm³/mol. The molecule has 0 amide bonds. The average molecular weight is 195 g/mol. The standard InChI is InChI=1S/C10H13NO3/c1-10(6-14-10)9-7(12-2)4-11-5-8(9)13-3/h4-5H,6H2,1-3H3. The van der Waals surface area contributed by atoms with Crippen molar-refractivity contribution in [2.24, 2.45) is 0 Å². The third kappa shape index (κ3) is 1.32. The molecule has 0 saturated carbocycles. The lowest BCUT2D eigenvalue weighted by Gasteiger charge is -2.14. The van der Waals surface area contributed by atoms with E-state index in [1.54, 1.807) is 26.6 Å². The maximum absolute atomic E-state index is 5.38. The van der Waals surface area contributed by atoms with E-state index >= 15 is 0 Å². The van der Waals surface area contributed by atoms with Crippen LogP contribution >= 0.6 is 0 Å². The Morgan fingerprint density at radius 1 is 1.29 bits per heavy atom. The van der Waals surface area contributed by atoms with Crippen LogP contribution in [0.2, 0.25) is 0 Å². The fourth-order valence-corrected chi connectivity index (χ4v) is 1.51. The van der Waals surface area contributed by atoms with Gasteiger partial charge in [0, 0.05) is 0 Å². The summed E-state index contributed by atoms with van der Waals surface area (Å²) in [5, 5.41) is 0. The van der Waals surface area contributed by atoms with Gasteiger partial charge in [-0.2, -0.15) is 0 Å². The topological polar surface area (TPSA) is 43.9 Å². The SMILES string of the molecule is COc1cncc(OC)c1C1(C)CO1. The molecule has 4 heteroatoms. The molecular weight excluding hydrogens is 182 g/mol. The number of rotatable bonds is 3. The molecule has 14 heavy (non-hydrogen) atoms. The van der Waals surface area contributed by atoms with Gasteiger partial charge in [-0.1, -0.05) is 0 Å². The Hall–Kier alpha value is -1.29. The van der Waals surface area contributed by atoms with Gasteiger partial charge in [0.2, 0.25) is 0 Å². The van der Waals surface area contributed by atoms with Gasteiger partial charge in [-0.3, -0.25) is 4.98 Å². The molecule has 0 aromatic carbocycles. The third-order valence-corrected chi connectivity index (χ3v) is 2.42. The zero-order chi connectivity index (χ0) is 10.2. The number of epoxide rings is 1. The molecule has 4 nitrogen and oxygen atoms in total. The molecule has 1 aliphatic rings. The minimum absolute atomic E-state index is 0.264. The summed E-state index contributed by atoms with van der Waals surface area (Å²) >= 11 is 0. The van der Waals surface area contributed by atoms with Crippen molar-refractivity contribution >= 4 is 0 Å². The Balaban J connectivity index is 2.52. The highest BCUT2D eigenvalue weighted by Crippen LogP contribution is 2.46. The van der Waals surface area contributed by atoms with Crippen LogP contribution in [0.4, 0.5) is 0 Å². The molecular formula is C10H13NO3. The molecule has 0 N–H and O–H groups in total.